The van der Waals surface area contributed by atoms with E-state index in [2.05, 4.69) is 0 Å². The minimum Gasteiger partial charge on any atom is -0.618 e. The van der Waals surface area contributed by atoms with E-state index in [-0.39, 0.29) is 12.4 Å². The largest absolute Gasteiger partial charge is 0.618 e. The first-order chi connectivity index (χ1) is 7.77. The number of nitrogens with zero attached hydrogens (tertiary/aromatic N) is 2. The highest BCUT2D eigenvalue weighted by atomic mass is 35.5. The molecule has 0 aliphatic rings. The number of hydrogen-bond acceptors (Lipinski definition) is 4. The monoisotopic (exact) mass is 288 g/mol. The maximum absolute atomic E-state index is 11.3. The molecule has 2 heterocycles. The van der Waals surface area contributed by atoms with Gasteiger partial charge in [-0.15, -0.1) is 12.4 Å². The van der Waals surface area contributed by atoms with E-state index in [1.807, 2.05) is 0 Å². The zero-order valence-electron chi connectivity index (χ0n) is 8.55. The van der Waals surface area contributed by atoms with Crippen molar-refractivity contribution in [3.05, 3.63) is 59.2 Å². The van der Waals surface area contributed by atoms with Gasteiger partial charge in [0.2, 0.25) is 0 Å². The lowest BCUT2D eigenvalue weighted by atomic mass is 10.5. The van der Waals surface area contributed by atoms with Crippen molar-refractivity contribution in [2.24, 2.45) is 0 Å². The lowest BCUT2D eigenvalue weighted by molar-refractivity contribution is -0.646. The van der Waals surface area contributed by atoms with Crippen molar-refractivity contribution in [1.82, 2.24) is 0 Å². The molecule has 0 N–H and O–H groups in total. The van der Waals surface area contributed by atoms with Crippen LogP contribution < -0.4 is 9.46 Å². The van der Waals surface area contributed by atoms with E-state index in [1.54, 1.807) is 36.4 Å². The average Bonchev–Trinajstić information content (AvgIpc) is 2.30. The molecule has 0 aliphatic heterocycles. The molecule has 2 aromatic heterocycles. The van der Waals surface area contributed by atoms with Crippen molar-refractivity contribution in [2.75, 3.05) is 0 Å². The fourth-order valence-electron chi connectivity index (χ4n) is 1.04. The van der Waals surface area contributed by atoms with Crippen LogP contribution in [0.4, 0.5) is 0 Å². The Hall–Kier alpha value is -1.11. The fourth-order valence-corrected chi connectivity index (χ4v) is 3.03. The summed E-state index contributed by atoms with van der Waals surface area (Å²) in [4.78, 5) is 0. The fraction of sp³-hybridized carbons (Fsp3) is 0. The number of hydrogen-bond donors (Lipinski definition) is 0. The van der Waals surface area contributed by atoms with E-state index in [1.165, 1.54) is 34.0 Å². The molecule has 0 aromatic carbocycles. The summed E-state index contributed by atoms with van der Waals surface area (Å²) in [5.41, 5.74) is 0. The number of aromatic nitrogens is 2. The van der Waals surface area contributed by atoms with Gasteiger partial charge in [0.15, 0.2) is 12.4 Å². The predicted molar refractivity (Wildman–Crippen MR) is 69.8 cm³/mol. The Morgan fingerprint density at radius 3 is 1.53 bits per heavy atom. The van der Waals surface area contributed by atoms with E-state index in [9.17, 15) is 10.4 Å². The summed E-state index contributed by atoms with van der Waals surface area (Å²) in [6.45, 7) is 0. The van der Waals surface area contributed by atoms with Gasteiger partial charge in [-0.2, -0.15) is 9.46 Å². The van der Waals surface area contributed by atoms with Crippen LogP contribution in [0.3, 0.4) is 0 Å². The second kappa shape index (κ2) is 6.58. The highest BCUT2D eigenvalue weighted by Gasteiger charge is 2.10. The van der Waals surface area contributed by atoms with Crippen LogP contribution in [0, 0.1) is 10.4 Å². The molecule has 0 unspecified atom stereocenters. The molecular weight excluding hydrogens is 280 g/mol. The summed E-state index contributed by atoms with van der Waals surface area (Å²) in [6.07, 6.45) is 2.86. The molecule has 0 aliphatic carbocycles. The number of pyridine rings is 2. The van der Waals surface area contributed by atoms with Crippen molar-refractivity contribution in [2.45, 2.75) is 10.1 Å². The van der Waals surface area contributed by atoms with Crippen LogP contribution in [-0.4, -0.2) is 0 Å². The van der Waals surface area contributed by atoms with Gasteiger partial charge >= 0.3 is 0 Å². The Bertz CT molecular complexity index is 454. The molecule has 0 fully saturated rings. The molecule has 90 valence electrons. The van der Waals surface area contributed by atoms with Crippen LogP contribution >= 0.6 is 34.0 Å². The van der Waals surface area contributed by atoms with Crippen LogP contribution in [-0.2, 0) is 0 Å². The second-order valence-electron chi connectivity index (χ2n) is 2.90. The standard InChI is InChI=1S/C10H8N2O2S2.ClH/c13-11-7-3-1-5-9(11)15-16-10-6-2-4-8-12(10)14;/h1-8H;1H. The van der Waals surface area contributed by atoms with Gasteiger partial charge in [0, 0.05) is 45.9 Å². The van der Waals surface area contributed by atoms with Crippen LogP contribution in [0.25, 0.3) is 0 Å². The van der Waals surface area contributed by atoms with Gasteiger partial charge in [-0.05, 0) is 12.1 Å². The van der Waals surface area contributed by atoms with E-state index in [0.29, 0.717) is 10.1 Å². The van der Waals surface area contributed by atoms with Gasteiger partial charge in [0.05, 0.1) is 0 Å². The van der Waals surface area contributed by atoms with Crippen molar-refractivity contribution in [3.8, 4) is 0 Å². The van der Waals surface area contributed by atoms with Gasteiger partial charge in [-0.25, -0.2) is 0 Å². The average molecular weight is 289 g/mol. The number of rotatable bonds is 3. The van der Waals surface area contributed by atoms with E-state index >= 15 is 0 Å². The smallest absolute Gasteiger partial charge is 0.262 e. The van der Waals surface area contributed by atoms with Crippen LogP contribution in [0.2, 0.25) is 0 Å². The second-order valence-corrected chi connectivity index (χ2v) is 5.07. The Labute approximate surface area is 113 Å². The molecule has 0 amide bonds. The van der Waals surface area contributed by atoms with Crippen molar-refractivity contribution in [1.29, 1.82) is 0 Å². The van der Waals surface area contributed by atoms with Crippen molar-refractivity contribution >= 4 is 34.0 Å². The van der Waals surface area contributed by atoms with Crippen molar-refractivity contribution < 1.29 is 9.46 Å². The predicted octanol–water partition coefficient (Wildman–Crippen LogP) is 2.17. The Kier molecular flexibility index (Phi) is 5.40. The normalized spacial score (nSPS) is 9.65. The third-order valence-electron chi connectivity index (χ3n) is 1.79. The summed E-state index contributed by atoms with van der Waals surface area (Å²) in [5, 5.41) is 23.8. The highest BCUT2D eigenvalue weighted by Crippen LogP contribution is 2.33. The molecular formula is C10H9ClN2O2S2. The minimum absolute atomic E-state index is 0. The molecule has 2 aromatic rings. The molecule has 0 atom stereocenters. The van der Waals surface area contributed by atoms with Gasteiger partial charge in [0.25, 0.3) is 10.1 Å². The SMILES string of the molecule is Cl.[O-][n+]1ccccc1SSc1cccc[n+]1[O-]. The molecule has 0 spiro atoms. The molecule has 0 saturated heterocycles. The summed E-state index contributed by atoms with van der Waals surface area (Å²) in [5.74, 6) is 0. The molecule has 4 nitrogen and oxygen atoms in total. The minimum atomic E-state index is 0. The Morgan fingerprint density at radius 1 is 0.765 bits per heavy atom. The third-order valence-corrected chi connectivity index (χ3v) is 4.12. The van der Waals surface area contributed by atoms with Gasteiger partial charge in [-0.3, -0.25) is 0 Å². The number of halogens is 1. The maximum Gasteiger partial charge on any atom is 0.262 e. The molecule has 7 heteroatoms. The van der Waals surface area contributed by atoms with Crippen molar-refractivity contribution in [3.63, 3.8) is 0 Å². The Morgan fingerprint density at radius 2 is 1.18 bits per heavy atom. The zero-order valence-corrected chi connectivity index (χ0v) is 11.0. The van der Waals surface area contributed by atoms with Crippen LogP contribution in [0.15, 0.2) is 58.8 Å². The molecule has 0 radical (unpaired) electrons. The van der Waals surface area contributed by atoms with E-state index in [4.69, 9.17) is 0 Å². The Balaban J connectivity index is 0.00000144. The van der Waals surface area contributed by atoms with Gasteiger partial charge in [-0.1, -0.05) is 0 Å². The summed E-state index contributed by atoms with van der Waals surface area (Å²) < 4.78 is 1.55. The first kappa shape index (κ1) is 14.0. The van der Waals surface area contributed by atoms with Gasteiger partial charge in [0.1, 0.15) is 0 Å². The zero-order chi connectivity index (χ0) is 11.4. The topological polar surface area (TPSA) is 53.9 Å². The third kappa shape index (κ3) is 3.69. The lowest BCUT2D eigenvalue weighted by Crippen LogP contribution is -2.28. The lowest BCUT2D eigenvalue weighted by Gasteiger charge is -2.03. The first-order valence-corrected chi connectivity index (χ1v) is 6.63. The summed E-state index contributed by atoms with van der Waals surface area (Å²) in [6, 6.07) is 10.3. The molecule has 2 rings (SSSR count). The summed E-state index contributed by atoms with van der Waals surface area (Å²) in [7, 11) is 2.52. The first-order valence-electron chi connectivity index (χ1n) is 4.48. The van der Waals surface area contributed by atoms with Crippen LogP contribution in [0.1, 0.15) is 0 Å². The van der Waals surface area contributed by atoms with E-state index < -0.39 is 0 Å². The van der Waals surface area contributed by atoms with Crippen LogP contribution in [0.5, 0.6) is 0 Å². The van der Waals surface area contributed by atoms with Gasteiger partial charge < -0.3 is 10.4 Å². The molecule has 0 bridgehead atoms. The molecule has 0 saturated carbocycles. The van der Waals surface area contributed by atoms with E-state index in [0.717, 1.165) is 9.46 Å². The maximum atomic E-state index is 11.3. The summed E-state index contributed by atoms with van der Waals surface area (Å²) >= 11 is 0. The molecule has 17 heavy (non-hydrogen) atoms. The highest BCUT2D eigenvalue weighted by molar-refractivity contribution is 8.76. The quantitative estimate of drug-likeness (QED) is 0.493.